The summed E-state index contributed by atoms with van der Waals surface area (Å²) in [6.45, 7) is 12.2. The lowest BCUT2D eigenvalue weighted by Crippen LogP contribution is -2.37. The van der Waals surface area contributed by atoms with Crippen LogP contribution in [0.15, 0.2) is 0 Å². The fourth-order valence-electron chi connectivity index (χ4n) is 2.82. The fourth-order valence-corrected chi connectivity index (χ4v) is 2.82. The second-order valence-electron chi connectivity index (χ2n) is 6.24. The summed E-state index contributed by atoms with van der Waals surface area (Å²) in [7, 11) is 0. The van der Waals surface area contributed by atoms with Gasteiger partial charge < -0.3 is 10.2 Å². The minimum absolute atomic E-state index is 0.627. The molecule has 94 valence electrons. The van der Waals surface area contributed by atoms with Gasteiger partial charge in [0.2, 0.25) is 0 Å². The van der Waals surface area contributed by atoms with Crippen LogP contribution in [0, 0.1) is 11.3 Å². The molecule has 16 heavy (non-hydrogen) atoms. The SMILES string of the molecule is CCCN1CCC(CNC(C)C2(C)CC2)C1. The maximum Gasteiger partial charge on any atom is 0.00926 e. The van der Waals surface area contributed by atoms with Crippen LogP contribution in [0.2, 0.25) is 0 Å². The Morgan fingerprint density at radius 3 is 2.81 bits per heavy atom. The van der Waals surface area contributed by atoms with Gasteiger partial charge in [0.05, 0.1) is 0 Å². The highest BCUT2D eigenvalue weighted by atomic mass is 15.1. The van der Waals surface area contributed by atoms with Gasteiger partial charge in [-0.05, 0) is 63.6 Å². The van der Waals surface area contributed by atoms with Gasteiger partial charge in [-0.15, -0.1) is 0 Å². The highest BCUT2D eigenvalue weighted by Gasteiger charge is 2.42. The van der Waals surface area contributed by atoms with Gasteiger partial charge in [0.25, 0.3) is 0 Å². The average molecular weight is 224 g/mol. The van der Waals surface area contributed by atoms with Gasteiger partial charge >= 0.3 is 0 Å². The van der Waals surface area contributed by atoms with Gasteiger partial charge in [-0.25, -0.2) is 0 Å². The molecule has 1 saturated carbocycles. The molecule has 2 unspecified atom stereocenters. The van der Waals surface area contributed by atoms with Crippen molar-refractivity contribution in [1.29, 1.82) is 0 Å². The number of hydrogen-bond donors (Lipinski definition) is 1. The Kier molecular flexibility index (Phi) is 3.91. The summed E-state index contributed by atoms with van der Waals surface area (Å²) in [5.41, 5.74) is 0.627. The molecule has 0 radical (unpaired) electrons. The largest absolute Gasteiger partial charge is 0.313 e. The summed E-state index contributed by atoms with van der Waals surface area (Å²) < 4.78 is 0. The van der Waals surface area contributed by atoms with E-state index in [-0.39, 0.29) is 0 Å². The van der Waals surface area contributed by atoms with Crippen molar-refractivity contribution in [3.05, 3.63) is 0 Å². The Morgan fingerprint density at radius 2 is 2.19 bits per heavy atom. The number of nitrogens with zero attached hydrogens (tertiary/aromatic N) is 1. The van der Waals surface area contributed by atoms with Crippen LogP contribution in [0.25, 0.3) is 0 Å². The molecule has 0 amide bonds. The Hall–Kier alpha value is -0.0800. The van der Waals surface area contributed by atoms with Crippen molar-refractivity contribution in [2.75, 3.05) is 26.2 Å². The summed E-state index contributed by atoms with van der Waals surface area (Å²) >= 11 is 0. The molecule has 2 nitrogen and oxygen atoms in total. The van der Waals surface area contributed by atoms with E-state index in [9.17, 15) is 0 Å². The molecule has 0 aromatic heterocycles. The first kappa shape index (κ1) is 12.4. The molecule has 0 aromatic rings. The molecule has 0 aromatic carbocycles. The molecule has 2 aliphatic rings. The van der Waals surface area contributed by atoms with E-state index in [1.54, 1.807) is 0 Å². The van der Waals surface area contributed by atoms with E-state index < -0.39 is 0 Å². The molecular weight excluding hydrogens is 196 g/mol. The van der Waals surface area contributed by atoms with E-state index >= 15 is 0 Å². The third kappa shape index (κ3) is 2.98. The summed E-state index contributed by atoms with van der Waals surface area (Å²) in [5, 5.41) is 3.76. The molecular formula is C14H28N2. The monoisotopic (exact) mass is 224 g/mol. The highest BCUT2D eigenvalue weighted by Crippen LogP contribution is 2.47. The lowest BCUT2D eigenvalue weighted by atomic mass is 10.00. The zero-order valence-electron chi connectivity index (χ0n) is 11.3. The van der Waals surface area contributed by atoms with E-state index in [0.29, 0.717) is 11.5 Å². The Labute approximate surface area is 101 Å². The molecule has 0 bridgehead atoms. The normalized spacial score (nSPS) is 30.6. The second kappa shape index (κ2) is 5.05. The predicted molar refractivity (Wildman–Crippen MR) is 69.6 cm³/mol. The van der Waals surface area contributed by atoms with Crippen molar-refractivity contribution >= 4 is 0 Å². The summed E-state index contributed by atoms with van der Waals surface area (Å²) in [5.74, 6) is 0.899. The minimum atomic E-state index is 0.627. The first-order valence-electron chi connectivity index (χ1n) is 7.10. The Morgan fingerprint density at radius 1 is 1.44 bits per heavy atom. The maximum atomic E-state index is 3.76. The van der Waals surface area contributed by atoms with Crippen LogP contribution in [0.5, 0.6) is 0 Å². The molecule has 1 aliphatic carbocycles. The number of rotatable bonds is 6. The van der Waals surface area contributed by atoms with Crippen molar-refractivity contribution in [1.82, 2.24) is 10.2 Å². The highest BCUT2D eigenvalue weighted by molar-refractivity contribution is 4.96. The fraction of sp³-hybridized carbons (Fsp3) is 1.00. The molecule has 1 saturated heterocycles. The molecule has 2 rings (SSSR count). The third-order valence-electron chi connectivity index (χ3n) is 4.71. The topological polar surface area (TPSA) is 15.3 Å². The van der Waals surface area contributed by atoms with Gasteiger partial charge in [-0.3, -0.25) is 0 Å². The Bertz CT molecular complexity index is 223. The molecule has 0 spiro atoms. The van der Waals surface area contributed by atoms with Crippen LogP contribution in [0.3, 0.4) is 0 Å². The second-order valence-corrected chi connectivity index (χ2v) is 6.24. The van der Waals surface area contributed by atoms with Gasteiger partial charge in [-0.2, -0.15) is 0 Å². The van der Waals surface area contributed by atoms with Crippen LogP contribution in [0.4, 0.5) is 0 Å². The molecule has 2 atom stereocenters. The lowest BCUT2D eigenvalue weighted by Gasteiger charge is -2.22. The average Bonchev–Trinajstić information content (AvgIpc) is 2.86. The van der Waals surface area contributed by atoms with Crippen molar-refractivity contribution in [3.8, 4) is 0 Å². The van der Waals surface area contributed by atoms with E-state index in [4.69, 9.17) is 0 Å². The predicted octanol–water partition coefficient (Wildman–Crippen LogP) is 2.50. The standard InChI is InChI=1S/C14H28N2/c1-4-8-16-9-5-13(11-16)10-15-12(2)14(3)6-7-14/h12-13,15H,4-11H2,1-3H3. The van der Waals surface area contributed by atoms with Crippen LogP contribution >= 0.6 is 0 Å². The third-order valence-corrected chi connectivity index (χ3v) is 4.71. The van der Waals surface area contributed by atoms with Gasteiger partial charge in [0.15, 0.2) is 0 Å². The van der Waals surface area contributed by atoms with E-state index in [1.165, 1.54) is 51.9 Å². The van der Waals surface area contributed by atoms with Crippen LogP contribution < -0.4 is 5.32 Å². The summed E-state index contributed by atoms with van der Waals surface area (Å²) in [6.07, 6.45) is 5.55. The molecule has 2 heteroatoms. The Balaban J connectivity index is 1.64. The van der Waals surface area contributed by atoms with E-state index in [1.807, 2.05) is 0 Å². The van der Waals surface area contributed by atoms with Crippen molar-refractivity contribution in [2.24, 2.45) is 11.3 Å². The van der Waals surface area contributed by atoms with Gasteiger partial charge in [0, 0.05) is 12.6 Å². The first-order chi connectivity index (χ1) is 7.64. The van der Waals surface area contributed by atoms with Gasteiger partial charge in [-0.1, -0.05) is 13.8 Å². The molecule has 1 heterocycles. The summed E-state index contributed by atoms with van der Waals surface area (Å²) in [6, 6.07) is 0.715. The zero-order valence-corrected chi connectivity index (χ0v) is 11.3. The van der Waals surface area contributed by atoms with Crippen LogP contribution in [-0.4, -0.2) is 37.1 Å². The van der Waals surface area contributed by atoms with Crippen molar-refractivity contribution < 1.29 is 0 Å². The summed E-state index contributed by atoms with van der Waals surface area (Å²) in [4.78, 5) is 2.62. The molecule has 2 fully saturated rings. The van der Waals surface area contributed by atoms with Crippen molar-refractivity contribution in [3.63, 3.8) is 0 Å². The number of likely N-dealkylation sites (tertiary alicyclic amines) is 1. The first-order valence-corrected chi connectivity index (χ1v) is 7.10. The lowest BCUT2D eigenvalue weighted by molar-refractivity contribution is 0.309. The number of nitrogens with one attached hydrogen (secondary N) is 1. The van der Waals surface area contributed by atoms with E-state index in [2.05, 4.69) is 31.0 Å². The van der Waals surface area contributed by atoms with Crippen LogP contribution in [0.1, 0.15) is 46.5 Å². The smallest absolute Gasteiger partial charge is 0.00926 e. The van der Waals surface area contributed by atoms with E-state index in [0.717, 1.165) is 5.92 Å². The van der Waals surface area contributed by atoms with Crippen molar-refractivity contribution in [2.45, 2.75) is 52.5 Å². The zero-order chi connectivity index (χ0) is 11.6. The quantitative estimate of drug-likeness (QED) is 0.746. The molecule has 1 N–H and O–H groups in total. The number of hydrogen-bond acceptors (Lipinski definition) is 2. The van der Waals surface area contributed by atoms with Crippen LogP contribution in [-0.2, 0) is 0 Å². The van der Waals surface area contributed by atoms with Gasteiger partial charge in [0.1, 0.15) is 0 Å². The maximum absolute atomic E-state index is 3.76. The minimum Gasteiger partial charge on any atom is -0.313 e. The molecule has 1 aliphatic heterocycles.